The Morgan fingerprint density at radius 2 is 1.79 bits per heavy atom. The third kappa shape index (κ3) is 3.36. The Bertz CT molecular complexity index is 368. The number of hydrogen-bond donors (Lipinski definition) is 4. The Kier molecular flexibility index (Phi) is 4.62. The Labute approximate surface area is 118 Å². The van der Waals surface area contributed by atoms with Gasteiger partial charge >= 0.3 is 5.97 Å². The van der Waals surface area contributed by atoms with E-state index in [-0.39, 0.29) is 5.70 Å². The summed E-state index contributed by atoms with van der Waals surface area (Å²) in [4.78, 5) is 10.9. The molecule has 6 N–H and O–H groups in total. The van der Waals surface area contributed by atoms with Gasteiger partial charge in [0.15, 0.2) is 5.70 Å². The van der Waals surface area contributed by atoms with E-state index in [1.807, 2.05) is 0 Å². The first-order chi connectivity index (χ1) is 9.06. The van der Waals surface area contributed by atoms with Crippen LogP contribution in [0, 0.1) is 5.41 Å². The van der Waals surface area contributed by atoms with Crippen molar-refractivity contribution < 1.29 is 9.90 Å². The minimum absolute atomic E-state index is 0.0915. The molecule has 5 nitrogen and oxygen atoms in total. The van der Waals surface area contributed by atoms with Crippen LogP contribution in [0.2, 0.25) is 0 Å². The highest BCUT2D eigenvalue weighted by Crippen LogP contribution is 2.51. The average Bonchev–Trinajstić information content (AvgIpc) is 2.81. The molecule has 0 aliphatic heterocycles. The van der Waals surface area contributed by atoms with Gasteiger partial charge in [0.25, 0.3) is 0 Å². The number of carbonyl (C=O) groups is 1. The molecular weight excluding hydrogens is 262 g/mol. The molecule has 0 bridgehead atoms. The van der Waals surface area contributed by atoms with E-state index in [1.54, 1.807) is 0 Å². The molecule has 0 amide bonds. The Hall–Kier alpha value is -0.880. The van der Waals surface area contributed by atoms with Gasteiger partial charge in [-0.05, 0) is 43.9 Å². The van der Waals surface area contributed by atoms with E-state index in [4.69, 9.17) is 16.7 Å². The van der Waals surface area contributed by atoms with Crippen LogP contribution in [0.1, 0.15) is 51.4 Å². The van der Waals surface area contributed by atoms with Crippen molar-refractivity contribution in [1.82, 2.24) is 5.43 Å². The topological polar surface area (TPSA) is 101 Å². The molecule has 0 heterocycles. The maximum absolute atomic E-state index is 10.9. The zero-order valence-corrected chi connectivity index (χ0v) is 12.0. The van der Waals surface area contributed by atoms with Crippen LogP contribution in [0.25, 0.3) is 0 Å². The van der Waals surface area contributed by atoms with Crippen molar-refractivity contribution in [3.63, 3.8) is 0 Å². The quantitative estimate of drug-likeness (QED) is 0.357. The molecule has 2 saturated carbocycles. The average molecular weight is 285 g/mol. The summed E-state index contributed by atoms with van der Waals surface area (Å²) in [6, 6.07) is 0. The predicted molar refractivity (Wildman–Crippen MR) is 76.9 cm³/mol. The Morgan fingerprint density at radius 3 is 2.26 bits per heavy atom. The minimum Gasteiger partial charge on any atom is -0.476 e. The third-order valence-electron chi connectivity index (χ3n) is 4.56. The summed E-state index contributed by atoms with van der Waals surface area (Å²) < 4.78 is 0. The fraction of sp³-hybridized carbons (Fsp3) is 0.769. The van der Waals surface area contributed by atoms with Crippen LogP contribution in [0.3, 0.4) is 0 Å². The van der Waals surface area contributed by atoms with Gasteiger partial charge in [0.1, 0.15) is 0 Å². The van der Waals surface area contributed by atoms with Crippen LogP contribution in [-0.2, 0) is 4.79 Å². The monoisotopic (exact) mass is 285 g/mol. The molecule has 108 valence electrons. The molecular formula is C13H23N3O2S. The van der Waals surface area contributed by atoms with E-state index in [0.717, 1.165) is 12.8 Å². The summed E-state index contributed by atoms with van der Waals surface area (Å²) in [5.74, 6) is 4.09. The summed E-state index contributed by atoms with van der Waals surface area (Å²) in [5.41, 5.74) is 8.50. The maximum atomic E-state index is 10.9. The largest absolute Gasteiger partial charge is 0.476 e. The van der Waals surface area contributed by atoms with E-state index in [9.17, 15) is 4.79 Å². The SMILES string of the molecule is NN/C(C(=O)O)=C(\N)SC1CCC2(CCCC2)CC1. The molecule has 2 aliphatic rings. The predicted octanol–water partition coefficient (Wildman–Crippen LogP) is 1.90. The number of carboxylic acids is 1. The second kappa shape index (κ2) is 6.05. The van der Waals surface area contributed by atoms with Crippen LogP contribution in [0.15, 0.2) is 10.7 Å². The van der Waals surface area contributed by atoms with Crippen molar-refractivity contribution in [3.8, 4) is 0 Å². The summed E-state index contributed by atoms with van der Waals surface area (Å²) in [6.07, 6.45) is 10.3. The number of nitrogens with two attached hydrogens (primary N) is 2. The van der Waals surface area contributed by atoms with Crippen LogP contribution in [-0.4, -0.2) is 16.3 Å². The maximum Gasteiger partial charge on any atom is 0.356 e. The van der Waals surface area contributed by atoms with Gasteiger partial charge in [0.2, 0.25) is 0 Å². The second-order valence-electron chi connectivity index (χ2n) is 5.71. The molecule has 0 atom stereocenters. The van der Waals surface area contributed by atoms with Gasteiger partial charge in [0, 0.05) is 5.25 Å². The molecule has 6 heteroatoms. The van der Waals surface area contributed by atoms with Gasteiger partial charge in [-0.2, -0.15) is 0 Å². The molecule has 19 heavy (non-hydrogen) atoms. The molecule has 0 aromatic carbocycles. The van der Waals surface area contributed by atoms with Crippen molar-refractivity contribution >= 4 is 17.7 Å². The summed E-state index contributed by atoms with van der Waals surface area (Å²) in [5, 5.41) is 9.67. The fourth-order valence-corrected chi connectivity index (χ4v) is 4.52. The highest BCUT2D eigenvalue weighted by Gasteiger charge is 2.37. The van der Waals surface area contributed by atoms with Crippen LogP contribution < -0.4 is 17.0 Å². The first-order valence-electron chi connectivity index (χ1n) is 6.93. The molecule has 2 fully saturated rings. The molecule has 0 unspecified atom stereocenters. The van der Waals surface area contributed by atoms with E-state index in [0.29, 0.717) is 15.7 Å². The number of thioether (sulfide) groups is 1. The first-order valence-corrected chi connectivity index (χ1v) is 7.81. The van der Waals surface area contributed by atoms with Gasteiger partial charge in [-0.15, -0.1) is 11.8 Å². The van der Waals surface area contributed by atoms with Crippen molar-refractivity contribution in [3.05, 3.63) is 10.7 Å². The van der Waals surface area contributed by atoms with Gasteiger partial charge in [-0.1, -0.05) is 12.8 Å². The Morgan fingerprint density at radius 1 is 1.21 bits per heavy atom. The summed E-state index contributed by atoms with van der Waals surface area (Å²) >= 11 is 1.46. The van der Waals surface area contributed by atoms with Crippen molar-refractivity contribution in [1.29, 1.82) is 0 Å². The number of hydrazine groups is 1. The molecule has 2 aliphatic carbocycles. The van der Waals surface area contributed by atoms with Gasteiger partial charge < -0.3 is 16.3 Å². The Balaban J connectivity index is 1.90. The molecule has 2 rings (SSSR count). The van der Waals surface area contributed by atoms with E-state index in [1.165, 1.54) is 50.3 Å². The number of nitrogens with one attached hydrogen (secondary N) is 1. The summed E-state index contributed by atoms with van der Waals surface area (Å²) in [7, 11) is 0. The minimum atomic E-state index is -1.10. The van der Waals surface area contributed by atoms with Crippen LogP contribution in [0.4, 0.5) is 0 Å². The number of aliphatic carboxylic acids is 1. The number of carboxylic acid groups (broad SMARTS) is 1. The number of hydrogen-bond acceptors (Lipinski definition) is 5. The van der Waals surface area contributed by atoms with E-state index >= 15 is 0 Å². The van der Waals surface area contributed by atoms with E-state index < -0.39 is 5.97 Å². The van der Waals surface area contributed by atoms with Gasteiger partial charge in [0.05, 0.1) is 5.03 Å². The lowest BCUT2D eigenvalue weighted by molar-refractivity contribution is -0.133. The normalized spacial score (nSPS) is 24.3. The van der Waals surface area contributed by atoms with Crippen LogP contribution in [0.5, 0.6) is 0 Å². The molecule has 0 radical (unpaired) electrons. The first kappa shape index (κ1) is 14.5. The molecule has 1 spiro atoms. The lowest BCUT2D eigenvalue weighted by Crippen LogP contribution is -2.31. The van der Waals surface area contributed by atoms with Crippen molar-refractivity contribution in [2.24, 2.45) is 17.0 Å². The highest BCUT2D eigenvalue weighted by molar-refractivity contribution is 8.03. The molecule has 0 saturated heterocycles. The van der Waals surface area contributed by atoms with Crippen molar-refractivity contribution in [2.75, 3.05) is 0 Å². The molecule has 0 aromatic heterocycles. The summed E-state index contributed by atoms with van der Waals surface area (Å²) in [6.45, 7) is 0. The fourth-order valence-electron chi connectivity index (χ4n) is 3.42. The lowest BCUT2D eigenvalue weighted by atomic mass is 9.73. The smallest absolute Gasteiger partial charge is 0.356 e. The highest BCUT2D eigenvalue weighted by atomic mass is 32.2. The zero-order valence-electron chi connectivity index (χ0n) is 11.2. The number of rotatable bonds is 4. The third-order valence-corrected chi connectivity index (χ3v) is 5.82. The second-order valence-corrected chi connectivity index (χ2v) is 7.06. The zero-order chi connectivity index (χ0) is 13.9. The van der Waals surface area contributed by atoms with Crippen molar-refractivity contribution in [2.45, 2.75) is 56.6 Å². The lowest BCUT2D eigenvalue weighted by Gasteiger charge is -2.37. The van der Waals surface area contributed by atoms with Gasteiger partial charge in [-0.25, -0.2) is 4.79 Å². The van der Waals surface area contributed by atoms with Gasteiger partial charge in [-0.3, -0.25) is 5.84 Å². The van der Waals surface area contributed by atoms with E-state index in [2.05, 4.69) is 5.43 Å². The van der Waals surface area contributed by atoms with Crippen LogP contribution >= 0.6 is 11.8 Å². The molecule has 0 aromatic rings. The standard InChI is InChI=1S/C13H23N3O2S/c14-11(10(16-15)12(17)18)19-9-3-7-13(8-4-9)5-1-2-6-13/h9,16H,1-8,14-15H2,(H,17,18)/b11-10+.